The van der Waals surface area contributed by atoms with Crippen LogP contribution < -0.4 is 5.32 Å². The van der Waals surface area contributed by atoms with Crippen LogP contribution in [0.3, 0.4) is 0 Å². The van der Waals surface area contributed by atoms with E-state index in [-0.39, 0.29) is 16.7 Å². The first-order valence-corrected chi connectivity index (χ1v) is 10.7. The predicted molar refractivity (Wildman–Crippen MR) is 104 cm³/mol. The van der Waals surface area contributed by atoms with E-state index < -0.39 is 15.8 Å². The molecule has 5 nitrogen and oxygen atoms in total. The summed E-state index contributed by atoms with van der Waals surface area (Å²) in [6, 6.07) is 10.3. The lowest BCUT2D eigenvalue weighted by Gasteiger charge is -2.25. The van der Waals surface area contributed by atoms with Gasteiger partial charge in [0.25, 0.3) is 5.91 Å². The van der Waals surface area contributed by atoms with Crippen molar-refractivity contribution in [2.24, 2.45) is 0 Å². The molecule has 8 heteroatoms. The molecule has 1 aliphatic heterocycles. The van der Waals surface area contributed by atoms with Crippen molar-refractivity contribution >= 4 is 33.2 Å². The second-order valence-electron chi connectivity index (χ2n) is 6.50. The van der Waals surface area contributed by atoms with Gasteiger partial charge in [0.1, 0.15) is 5.82 Å². The van der Waals surface area contributed by atoms with Crippen molar-refractivity contribution in [3.63, 3.8) is 0 Å². The van der Waals surface area contributed by atoms with Gasteiger partial charge in [0.15, 0.2) is 0 Å². The topological polar surface area (TPSA) is 66.5 Å². The molecule has 1 fully saturated rings. The summed E-state index contributed by atoms with van der Waals surface area (Å²) < 4.78 is 39.7. The molecule has 1 aliphatic rings. The average molecular weight is 411 g/mol. The first kappa shape index (κ1) is 19.8. The van der Waals surface area contributed by atoms with Crippen molar-refractivity contribution in [3.8, 4) is 0 Å². The smallest absolute Gasteiger partial charge is 0.255 e. The third-order valence-corrected chi connectivity index (χ3v) is 6.59. The number of nitrogens with one attached hydrogen (secondary N) is 1. The highest BCUT2D eigenvalue weighted by Crippen LogP contribution is 2.21. The SMILES string of the molecule is O=C(Nc1ccc(F)c(Cl)c1)c1ccc(CS(=O)(=O)N2CCCCC2)cc1. The number of benzene rings is 2. The summed E-state index contributed by atoms with van der Waals surface area (Å²) in [4.78, 5) is 12.3. The van der Waals surface area contributed by atoms with E-state index in [0.717, 1.165) is 19.3 Å². The molecule has 0 saturated carbocycles. The van der Waals surface area contributed by atoms with Crippen LogP contribution in [0.15, 0.2) is 42.5 Å². The summed E-state index contributed by atoms with van der Waals surface area (Å²) in [6.45, 7) is 1.14. The van der Waals surface area contributed by atoms with Crippen LogP contribution in [0.4, 0.5) is 10.1 Å². The number of carbonyl (C=O) groups is 1. The largest absolute Gasteiger partial charge is 0.322 e. The van der Waals surface area contributed by atoms with Crippen molar-refractivity contribution < 1.29 is 17.6 Å². The summed E-state index contributed by atoms with van der Waals surface area (Å²) in [6.07, 6.45) is 2.85. The maximum absolute atomic E-state index is 13.2. The Morgan fingerprint density at radius 2 is 1.74 bits per heavy atom. The van der Waals surface area contributed by atoms with Gasteiger partial charge in [-0.3, -0.25) is 4.79 Å². The summed E-state index contributed by atoms with van der Waals surface area (Å²) in [5.41, 5.74) is 1.37. The molecule has 0 unspecified atom stereocenters. The number of halogens is 2. The van der Waals surface area contributed by atoms with E-state index in [1.807, 2.05) is 0 Å². The highest BCUT2D eigenvalue weighted by atomic mass is 35.5. The summed E-state index contributed by atoms with van der Waals surface area (Å²) >= 11 is 5.70. The number of piperidine rings is 1. The average Bonchev–Trinajstić information content (AvgIpc) is 2.66. The zero-order chi connectivity index (χ0) is 19.4. The van der Waals surface area contributed by atoms with Gasteiger partial charge in [-0.15, -0.1) is 0 Å². The zero-order valence-electron chi connectivity index (χ0n) is 14.6. The van der Waals surface area contributed by atoms with Gasteiger partial charge in [0.2, 0.25) is 10.0 Å². The minimum absolute atomic E-state index is 0.0777. The van der Waals surface area contributed by atoms with E-state index in [1.54, 1.807) is 24.3 Å². The van der Waals surface area contributed by atoms with Crippen molar-refractivity contribution in [1.82, 2.24) is 4.31 Å². The Labute approximate surface area is 163 Å². The first-order chi connectivity index (χ1) is 12.8. The Bertz CT molecular complexity index is 926. The fraction of sp³-hybridized carbons (Fsp3) is 0.316. The van der Waals surface area contributed by atoms with Crippen LogP contribution in [0, 0.1) is 5.82 Å². The molecule has 1 saturated heterocycles. The van der Waals surface area contributed by atoms with E-state index in [1.165, 1.54) is 22.5 Å². The second kappa shape index (κ2) is 8.37. The molecule has 0 bridgehead atoms. The van der Waals surface area contributed by atoms with E-state index in [9.17, 15) is 17.6 Å². The molecule has 0 radical (unpaired) electrons. The van der Waals surface area contributed by atoms with Crippen LogP contribution in [0.25, 0.3) is 0 Å². The lowest BCUT2D eigenvalue weighted by atomic mass is 10.1. The molecule has 1 heterocycles. The standard InChI is InChI=1S/C19H20ClFN2O3S/c20-17-12-16(8-9-18(17)21)22-19(24)15-6-4-14(5-7-15)13-27(25,26)23-10-2-1-3-11-23/h4-9,12H,1-3,10-11,13H2,(H,22,24). The van der Waals surface area contributed by atoms with Crippen LogP contribution in [0.1, 0.15) is 35.2 Å². The Hall–Kier alpha value is -1.96. The second-order valence-corrected chi connectivity index (χ2v) is 8.87. The summed E-state index contributed by atoms with van der Waals surface area (Å²) in [7, 11) is -3.34. The van der Waals surface area contributed by atoms with Crippen molar-refractivity contribution in [3.05, 3.63) is 64.4 Å². The van der Waals surface area contributed by atoms with Gasteiger partial charge < -0.3 is 5.32 Å². The van der Waals surface area contributed by atoms with Gasteiger partial charge in [0, 0.05) is 24.3 Å². The van der Waals surface area contributed by atoms with E-state index in [4.69, 9.17) is 11.6 Å². The highest BCUT2D eigenvalue weighted by molar-refractivity contribution is 7.88. The van der Waals surface area contributed by atoms with Crippen molar-refractivity contribution in [2.75, 3.05) is 18.4 Å². The van der Waals surface area contributed by atoms with Crippen molar-refractivity contribution in [2.45, 2.75) is 25.0 Å². The number of carbonyl (C=O) groups excluding carboxylic acids is 1. The van der Waals surface area contributed by atoms with Gasteiger partial charge in [-0.1, -0.05) is 30.2 Å². The maximum Gasteiger partial charge on any atom is 0.255 e. The number of anilines is 1. The third-order valence-electron chi connectivity index (χ3n) is 4.45. The number of hydrogen-bond donors (Lipinski definition) is 1. The molecule has 2 aromatic rings. The monoisotopic (exact) mass is 410 g/mol. The fourth-order valence-electron chi connectivity index (χ4n) is 2.97. The molecule has 0 spiro atoms. The van der Waals surface area contributed by atoms with Gasteiger partial charge in [-0.05, 0) is 48.7 Å². The van der Waals surface area contributed by atoms with Crippen molar-refractivity contribution in [1.29, 1.82) is 0 Å². The quantitative estimate of drug-likeness (QED) is 0.808. The Kier molecular flexibility index (Phi) is 6.14. The number of sulfonamides is 1. The molecule has 2 aromatic carbocycles. The molecule has 0 atom stereocenters. The minimum atomic E-state index is -3.34. The molecule has 1 amide bonds. The zero-order valence-corrected chi connectivity index (χ0v) is 16.2. The van der Waals surface area contributed by atoms with Crippen LogP contribution in [0.5, 0.6) is 0 Å². The van der Waals surface area contributed by atoms with Gasteiger partial charge >= 0.3 is 0 Å². The van der Waals surface area contributed by atoms with Gasteiger partial charge in [0.05, 0.1) is 10.8 Å². The van der Waals surface area contributed by atoms with E-state index >= 15 is 0 Å². The predicted octanol–water partition coefficient (Wildman–Crippen LogP) is 4.05. The molecule has 1 N–H and O–H groups in total. The van der Waals surface area contributed by atoms with Crippen LogP contribution >= 0.6 is 11.6 Å². The Morgan fingerprint density at radius 3 is 2.37 bits per heavy atom. The molecule has 0 aromatic heterocycles. The maximum atomic E-state index is 13.2. The van der Waals surface area contributed by atoms with Gasteiger partial charge in [-0.2, -0.15) is 0 Å². The third kappa shape index (κ3) is 5.06. The summed E-state index contributed by atoms with van der Waals surface area (Å²) in [5, 5.41) is 2.55. The van der Waals surface area contributed by atoms with E-state index in [0.29, 0.717) is 29.9 Å². The number of hydrogen-bond acceptors (Lipinski definition) is 3. The molecular weight excluding hydrogens is 391 g/mol. The van der Waals surface area contributed by atoms with E-state index in [2.05, 4.69) is 5.32 Å². The number of rotatable bonds is 5. The van der Waals surface area contributed by atoms with Gasteiger partial charge in [-0.25, -0.2) is 17.1 Å². The lowest BCUT2D eigenvalue weighted by molar-refractivity contribution is 0.102. The lowest BCUT2D eigenvalue weighted by Crippen LogP contribution is -2.36. The molecule has 0 aliphatic carbocycles. The molecule has 144 valence electrons. The Balaban J connectivity index is 1.65. The van der Waals surface area contributed by atoms with Crippen LogP contribution in [0.2, 0.25) is 5.02 Å². The fourth-order valence-corrected chi connectivity index (χ4v) is 4.77. The molecule has 3 rings (SSSR count). The highest BCUT2D eigenvalue weighted by Gasteiger charge is 2.24. The molecular formula is C19H20ClFN2O3S. The van der Waals surface area contributed by atoms with Crippen LogP contribution in [-0.2, 0) is 15.8 Å². The Morgan fingerprint density at radius 1 is 1.07 bits per heavy atom. The number of amides is 1. The number of nitrogens with zero attached hydrogens (tertiary/aromatic N) is 1. The van der Waals surface area contributed by atoms with Crippen LogP contribution in [-0.4, -0.2) is 31.7 Å². The molecule has 27 heavy (non-hydrogen) atoms. The first-order valence-electron chi connectivity index (χ1n) is 8.68. The normalized spacial score (nSPS) is 15.5. The minimum Gasteiger partial charge on any atom is -0.322 e. The summed E-state index contributed by atoms with van der Waals surface area (Å²) in [5.74, 6) is -1.03.